The van der Waals surface area contributed by atoms with Crippen molar-refractivity contribution in [3.8, 4) is 5.75 Å². The number of benzene rings is 3. The van der Waals surface area contributed by atoms with Gasteiger partial charge in [0.15, 0.2) is 17.7 Å². The summed E-state index contributed by atoms with van der Waals surface area (Å²) in [7, 11) is 0. The van der Waals surface area contributed by atoms with Gasteiger partial charge in [-0.05, 0) is 81.6 Å². The van der Waals surface area contributed by atoms with Crippen molar-refractivity contribution in [1.82, 2.24) is 4.90 Å². The summed E-state index contributed by atoms with van der Waals surface area (Å²) in [6.45, 7) is 5.70. The van der Waals surface area contributed by atoms with Crippen LogP contribution in [0.2, 0.25) is 15.1 Å². The third-order valence-electron chi connectivity index (χ3n) is 6.03. The van der Waals surface area contributed by atoms with E-state index < -0.39 is 35.4 Å². The number of nitrogens with zero attached hydrogens (tertiary/aromatic N) is 1. The van der Waals surface area contributed by atoms with E-state index in [-0.39, 0.29) is 11.3 Å². The molecule has 1 amide bonds. The predicted molar refractivity (Wildman–Crippen MR) is 147 cm³/mol. The Hall–Kier alpha value is -2.80. The molecule has 4 rings (SSSR count). The number of esters is 1. The van der Waals surface area contributed by atoms with Gasteiger partial charge in [0, 0.05) is 32.7 Å². The average Bonchev–Trinajstić information content (AvgIpc) is 3.33. The van der Waals surface area contributed by atoms with Crippen LogP contribution in [0.15, 0.2) is 60.7 Å². The fourth-order valence-electron chi connectivity index (χ4n) is 4.31. The van der Waals surface area contributed by atoms with Crippen molar-refractivity contribution in [3.05, 3.63) is 98.2 Å². The van der Waals surface area contributed by atoms with Crippen molar-refractivity contribution >= 4 is 46.7 Å². The van der Waals surface area contributed by atoms with Crippen LogP contribution < -0.4 is 4.74 Å². The van der Waals surface area contributed by atoms with Gasteiger partial charge in [0.25, 0.3) is 5.91 Å². The number of halogens is 4. The van der Waals surface area contributed by atoms with Gasteiger partial charge >= 0.3 is 5.97 Å². The third kappa shape index (κ3) is 6.60. The van der Waals surface area contributed by atoms with Gasteiger partial charge in [-0.3, -0.25) is 4.79 Å². The zero-order valence-corrected chi connectivity index (χ0v) is 23.4. The molecule has 9 heteroatoms. The topological polar surface area (TPSA) is 55.8 Å². The molecule has 200 valence electrons. The SMILES string of the molecule is CC(C)(C)OC(=O)C1CCCN1C(=O)c1ccc(OC(c2ccc(Cl)cc2)c2ccc(Cl)cc2Cl)c(F)c1. The van der Waals surface area contributed by atoms with Gasteiger partial charge in [-0.15, -0.1) is 0 Å². The van der Waals surface area contributed by atoms with Crippen LogP contribution in [0, 0.1) is 5.82 Å². The maximum Gasteiger partial charge on any atom is 0.329 e. The quantitative estimate of drug-likeness (QED) is 0.279. The summed E-state index contributed by atoms with van der Waals surface area (Å²) in [6, 6.07) is 15.2. The molecule has 1 aliphatic rings. The molecule has 3 aromatic carbocycles. The number of hydrogen-bond acceptors (Lipinski definition) is 4. The third-order valence-corrected chi connectivity index (χ3v) is 6.85. The molecule has 0 bridgehead atoms. The highest BCUT2D eigenvalue weighted by atomic mass is 35.5. The molecule has 2 unspecified atom stereocenters. The molecule has 1 saturated heterocycles. The summed E-state index contributed by atoms with van der Waals surface area (Å²) in [4.78, 5) is 27.3. The molecule has 0 radical (unpaired) electrons. The lowest BCUT2D eigenvalue weighted by molar-refractivity contribution is -0.159. The molecule has 5 nitrogen and oxygen atoms in total. The van der Waals surface area contributed by atoms with Gasteiger partial charge in [-0.25, -0.2) is 9.18 Å². The monoisotopic (exact) mass is 577 g/mol. The predicted octanol–water partition coefficient (Wildman–Crippen LogP) is 7.90. The minimum Gasteiger partial charge on any atom is -0.478 e. The Morgan fingerprint density at radius 2 is 1.66 bits per heavy atom. The lowest BCUT2D eigenvalue weighted by atomic mass is 10.0. The van der Waals surface area contributed by atoms with Gasteiger partial charge in [-0.1, -0.05) is 53.0 Å². The second kappa shape index (κ2) is 11.5. The lowest BCUT2D eigenvalue weighted by Gasteiger charge is -2.27. The Labute approximate surface area is 236 Å². The van der Waals surface area contributed by atoms with E-state index in [0.717, 1.165) is 6.07 Å². The first-order valence-electron chi connectivity index (χ1n) is 12.1. The molecule has 1 fully saturated rings. The van der Waals surface area contributed by atoms with E-state index in [1.54, 1.807) is 63.2 Å². The van der Waals surface area contributed by atoms with Crippen molar-refractivity contribution in [2.24, 2.45) is 0 Å². The summed E-state index contributed by atoms with van der Waals surface area (Å²) in [6.07, 6.45) is 0.377. The minimum absolute atomic E-state index is 0.0716. The molecule has 1 heterocycles. The summed E-state index contributed by atoms with van der Waals surface area (Å²) < 4.78 is 26.9. The number of hydrogen-bond donors (Lipinski definition) is 0. The number of likely N-dealkylation sites (tertiary alicyclic amines) is 1. The van der Waals surface area contributed by atoms with Crippen LogP contribution in [-0.4, -0.2) is 35.0 Å². The van der Waals surface area contributed by atoms with E-state index in [1.165, 1.54) is 17.0 Å². The summed E-state index contributed by atoms with van der Waals surface area (Å²) in [5.74, 6) is -1.71. The molecular formula is C29H27Cl3FNO4. The van der Waals surface area contributed by atoms with Gasteiger partial charge in [-0.2, -0.15) is 0 Å². The first kappa shape index (κ1) is 28.2. The van der Waals surface area contributed by atoms with Crippen LogP contribution in [-0.2, 0) is 9.53 Å². The van der Waals surface area contributed by atoms with Crippen LogP contribution in [0.3, 0.4) is 0 Å². The number of rotatable bonds is 6. The highest BCUT2D eigenvalue weighted by Crippen LogP contribution is 2.36. The zero-order valence-electron chi connectivity index (χ0n) is 21.1. The van der Waals surface area contributed by atoms with Crippen LogP contribution >= 0.6 is 34.8 Å². The van der Waals surface area contributed by atoms with Gasteiger partial charge in [0.1, 0.15) is 11.6 Å². The van der Waals surface area contributed by atoms with Crippen molar-refractivity contribution in [3.63, 3.8) is 0 Å². The van der Waals surface area contributed by atoms with Gasteiger partial charge < -0.3 is 14.4 Å². The van der Waals surface area contributed by atoms with Crippen molar-refractivity contribution in [2.75, 3.05) is 6.54 Å². The molecular weight excluding hydrogens is 552 g/mol. The second-order valence-electron chi connectivity index (χ2n) is 10.1. The maximum atomic E-state index is 15.3. The van der Waals surface area contributed by atoms with Gasteiger partial charge in [0.05, 0.1) is 0 Å². The van der Waals surface area contributed by atoms with E-state index in [2.05, 4.69) is 0 Å². The molecule has 0 spiro atoms. The van der Waals surface area contributed by atoms with E-state index in [4.69, 9.17) is 44.3 Å². The first-order chi connectivity index (χ1) is 17.9. The summed E-state index contributed by atoms with van der Waals surface area (Å²) in [5.41, 5.74) is 0.705. The number of amides is 1. The molecule has 0 saturated carbocycles. The summed E-state index contributed by atoms with van der Waals surface area (Å²) in [5, 5.41) is 1.34. The Balaban J connectivity index is 1.60. The standard InChI is InChI=1S/C29H27Cl3FNO4/c1-29(2,3)38-28(36)24-5-4-14-34(24)27(35)18-8-13-25(23(33)15-18)37-26(17-6-9-19(30)10-7-17)21-12-11-20(31)16-22(21)32/h6-13,15-16,24,26H,4-5,14H2,1-3H3. The molecule has 1 aliphatic heterocycles. The van der Waals surface area contributed by atoms with E-state index in [1.807, 2.05) is 0 Å². The normalized spacial score (nSPS) is 16.3. The smallest absolute Gasteiger partial charge is 0.329 e. The van der Waals surface area contributed by atoms with Crippen molar-refractivity contribution < 1.29 is 23.5 Å². The minimum atomic E-state index is -0.775. The zero-order chi connectivity index (χ0) is 27.6. The second-order valence-corrected chi connectivity index (χ2v) is 11.3. The number of carbonyl (C=O) groups excluding carboxylic acids is 2. The van der Waals surface area contributed by atoms with Crippen molar-refractivity contribution in [1.29, 1.82) is 0 Å². The maximum absolute atomic E-state index is 15.3. The fourth-order valence-corrected chi connectivity index (χ4v) is 4.94. The number of ether oxygens (including phenoxy) is 2. The van der Waals surface area contributed by atoms with Crippen LogP contribution in [0.1, 0.15) is 61.2 Å². The van der Waals surface area contributed by atoms with E-state index in [9.17, 15) is 9.59 Å². The Kier molecular flexibility index (Phi) is 8.55. The Bertz CT molecular complexity index is 1340. The van der Waals surface area contributed by atoms with E-state index >= 15 is 4.39 Å². The summed E-state index contributed by atoms with van der Waals surface area (Å²) >= 11 is 18.6. The average molecular weight is 579 g/mol. The molecule has 2 atom stereocenters. The first-order valence-corrected chi connectivity index (χ1v) is 13.3. The molecule has 0 aliphatic carbocycles. The molecule has 0 aromatic heterocycles. The van der Waals surface area contributed by atoms with Crippen LogP contribution in [0.4, 0.5) is 4.39 Å². The molecule has 3 aromatic rings. The van der Waals surface area contributed by atoms with E-state index in [0.29, 0.717) is 45.6 Å². The van der Waals surface area contributed by atoms with Crippen molar-refractivity contribution in [2.45, 2.75) is 51.4 Å². The lowest BCUT2D eigenvalue weighted by Crippen LogP contribution is -2.43. The van der Waals surface area contributed by atoms with Gasteiger partial charge in [0.2, 0.25) is 0 Å². The highest BCUT2D eigenvalue weighted by molar-refractivity contribution is 6.35. The highest BCUT2D eigenvalue weighted by Gasteiger charge is 2.37. The largest absolute Gasteiger partial charge is 0.478 e. The molecule has 0 N–H and O–H groups in total. The number of carbonyl (C=O) groups is 2. The molecule has 38 heavy (non-hydrogen) atoms. The Morgan fingerprint density at radius 1 is 0.974 bits per heavy atom. The fraction of sp³-hybridized carbons (Fsp3) is 0.310. The van der Waals surface area contributed by atoms with Crippen LogP contribution in [0.5, 0.6) is 5.75 Å². The Morgan fingerprint density at radius 3 is 2.29 bits per heavy atom. The van der Waals surface area contributed by atoms with Crippen LogP contribution in [0.25, 0.3) is 0 Å².